The zero-order valence-electron chi connectivity index (χ0n) is 16.3. The summed E-state index contributed by atoms with van der Waals surface area (Å²) in [4.78, 5) is 0. The third kappa shape index (κ3) is 4.86. The summed E-state index contributed by atoms with van der Waals surface area (Å²) in [5, 5.41) is 9.06. The first kappa shape index (κ1) is 18.9. The number of hydrogen-bond acceptors (Lipinski definition) is 1. The molecule has 1 atom stereocenters. The van der Waals surface area contributed by atoms with Gasteiger partial charge in [-0.1, -0.05) is 87.4 Å². The first-order valence-corrected chi connectivity index (χ1v) is 9.90. The van der Waals surface area contributed by atoms with Crippen LogP contribution >= 0.6 is 0 Å². The summed E-state index contributed by atoms with van der Waals surface area (Å²) in [6.45, 7) is 4.61. The van der Waals surface area contributed by atoms with E-state index in [0.717, 1.165) is 17.9 Å². The van der Waals surface area contributed by atoms with Crippen LogP contribution in [0.5, 0.6) is 0 Å². The number of benzene rings is 3. The lowest BCUT2D eigenvalue weighted by Crippen LogP contribution is -1.95. The van der Waals surface area contributed by atoms with Gasteiger partial charge in [-0.05, 0) is 58.7 Å². The first-order valence-electron chi connectivity index (χ1n) is 9.90. The first-order chi connectivity index (χ1) is 13.2. The fourth-order valence-electron chi connectivity index (χ4n) is 3.44. The maximum absolute atomic E-state index is 9.06. The van der Waals surface area contributed by atoms with E-state index in [1.807, 2.05) is 24.3 Å². The minimum Gasteiger partial charge on any atom is -0.192 e. The summed E-state index contributed by atoms with van der Waals surface area (Å²) >= 11 is 0. The SMILES string of the molecule is CCC(C)CCCc1ccc(-c2ccc(C#N)cc2)c(-c2ccccc2)c1. The van der Waals surface area contributed by atoms with Crippen molar-refractivity contribution < 1.29 is 0 Å². The van der Waals surface area contributed by atoms with Crippen molar-refractivity contribution in [2.75, 3.05) is 0 Å². The Kier molecular flexibility index (Phi) is 6.44. The summed E-state index contributed by atoms with van der Waals surface area (Å²) in [6, 6.07) is 27.5. The van der Waals surface area contributed by atoms with Crippen LogP contribution in [0.3, 0.4) is 0 Å². The van der Waals surface area contributed by atoms with E-state index in [1.165, 1.54) is 41.5 Å². The van der Waals surface area contributed by atoms with Crippen molar-refractivity contribution in [3.8, 4) is 28.3 Å². The fraction of sp³-hybridized carbons (Fsp3) is 0.269. The molecule has 1 heteroatoms. The molecular weight excluding hydrogens is 326 g/mol. The minimum atomic E-state index is 0.696. The van der Waals surface area contributed by atoms with Gasteiger partial charge in [0.05, 0.1) is 11.6 Å². The van der Waals surface area contributed by atoms with E-state index in [0.29, 0.717) is 5.56 Å². The molecule has 3 aromatic rings. The van der Waals surface area contributed by atoms with Gasteiger partial charge in [0.25, 0.3) is 0 Å². The van der Waals surface area contributed by atoms with Gasteiger partial charge < -0.3 is 0 Å². The molecule has 0 aromatic heterocycles. The van der Waals surface area contributed by atoms with Gasteiger partial charge in [-0.3, -0.25) is 0 Å². The average Bonchev–Trinajstić information content (AvgIpc) is 2.74. The third-order valence-electron chi connectivity index (χ3n) is 5.35. The van der Waals surface area contributed by atoms with Gasteiger partial charge in [0.15, 0.2) is 0 Å². The standard InChI is InChI=1S/C26H27N/c1-3-20(2)8-7-9-21-14-17-25(24-15-12-22(19-27)13-16-24)26(18-21)23-10-5-4-6-11-23/h4-6,10-18,20H,3,7-9H2,1-2H3. The molecule has 0 amide bonds. The molecule has 0 saturated carbocycles. The van der Waals surface area contributed by atoms with Crippen LogP contribution in [0, 0.1) is 17.2 Å². The Balaban J connectivity index is 1.94. The van der Waals surface area contributed by atoms with Crippen molar-refractivity contribution in [2.24, 2.45) is 5.92 Å². The minimum absolute atomic E-state index is 0.696. The topological polar surface area (TPSA) is 23.8 Å². The van der Waals surface area contributed by atoms with Crippen LogP contribution in [0.15, 0.2) is 72.8 Å². The molecule has 0 aliphatic rings. The van der Waals surface area contributed by atoms with Crippen molar-refractivity contribution in [3.63, 3.8) is 0 Å². The predicted octanol–water partition coefficient (Wildman–Crippen LogP) is 7.26. The second-order valence-electron chi connectivity index (χ2n) is 7.34. The van der Waals surface area contributed by atoms with Crippen LogP contribution in [0.4, 0.5) is 0 Å². The van der Waals surface area contributed by atoms with Crippen molar-refractivity contribution >= 4 is 0 Å². The van der Waals surface area contributed by atoms with Gasteiger partial charge >= 0.3 is 0 Å². The highest BCUT2D eigenvalue weighted by atomic mass is 14.2. The second-order valence-corrected chi connectivity index (χ2v) is 7.34. The van der Waals surface area contributed by atoms with Crippen LogP contribution < -0.4 is 0 Å². The van der Waals surface area contributed by atoms with E-state index in [9.17, 15) is 0 Å². The second kappa shape index (κ2) is 9.19. The Labute approximate surface area is 163 Å². The molecular formula is C26H27N. The summed E-state index contributed by atoms with van der Waals surface area (Å²) < 4.78 is 0. The Hall–Kier alpha value is -2.85. The molecule has 3 rings (SSSR count). The third-order valence-corrected chi connectivity index (χ3v) is 5.35. The summed E-state index contributed by atoms with van der Waals surface area (Å²) in [7, 11) is 0. The highest BCUT2D eigenvalue weighted by molar-refractivity contribution is 5.84. The molecule has 0 radical (unpaired) electrons. The van der Waals surface area contributed by atoms with Gasteiger partial charge in [0, 0.05) is 0 Å². The van der Waals surface area contributed by atoms with Gasteiger partial charge in [-0.2, -0.15) is 5.26 Å². The lowest BCUT2D eigenvalue weighted by atomic mass is 9.91. The molecule has 0 aliphatic heterocycles. The Morgan fingerprint density at radius 2 is 1.56 bits per heavy atom. The molecule has 1 nitrogen and oxygen atoms in total. The van der Waals surface area contributed by atoms with E-state index >= 15 is 0 Å². The molecule has 27 heavy (non-hydrogen) atoms. The van der Waals surface area contributed by atoms with E-state index in [1.54, 1.807) is 0 Å². The zero-order chi connectivity index (χ0) is 19.1. The quantitative estimate of drug-likeness (QED) is 0.438. The molecule has 0 heterocycles. The number of hydrogen-bond donors (Lipinski definition) is 0. The van der Waals surface area contributed by atoms with Crippen molar-refractivity contribution in [1.29, 1.82) is 5.26 Å². The molecule has 1 unspecified atom stereocenters. The Morgan fingerprint density at radius 3 is 2.22 bits per heavy atom. The summed E-state index contributed by atoms with van der Waals surface area (Å²) in [6.07, 6.45) is 4.90. The van der Waals surface area contributed by atoms with Crippen molar-refractivity contribution in [2.45, 2.75) is 39.5 Å². The maximum atomic E-state index is 9.06. The van der Waals surface area contributed by atoms with Gasteiger partial charge in [-0.25, -0.2) is 0 Å². The highest BCUT2D eigenvalue weighted by Crippen LogP contribution is 2.33. The molecule has 0 N–H and O–H groups in total. The molecule has 0 fully saturated rings. The van der Waals surface area contributed by atoms with E-state index in [2.05, 4.69) is 68.4 Å². The van der Waals surface area contributed by atoms with Crippen molar-refractivity contribution in [3.05, 3.63) is 83.9 Å². The van der Waals surface area contributed by atoms with E-state index < -0.39 is 0 Å². The molecule has 3 aromatic carbocycles. The van der Waals surface area contributed by atoms with Gasteiger partial charge in [0.2, 0.25) is 0 Å². The summed E-state index contributed by atoms with van der Waals surface area (Å²) in [5.41, 5.74) is 6.97. The predicted molar refractivity (Wildman–Crippen MR) is 114 cm³/mol. The van der Waals surface area contributed by atoms with Gasteiger partial charge in [0.1, 0.15) is 0 Å². The lowest BCUT2D eigenvalue weighted by Gasteiger charge is -2.14. The monoisotopic (exact) mass is 353 g/mol. The van der Waals surface area contributed by atoms with Crippen LogP contribution in [0.2, 0.25) is 0 Å². The van der Waals surface area contributed by atoms with Crippen LogP contribution in [-0.4, -0.2) is 0 Å². The van der Waals surface area contributed by atoms with Crippen LogP contribution in [-0.2, 0) is 6.42 Å². The molecule has 0 spiro atoms. The molecule has 136 valence electrons. The number of rotatable bonds is 7. The fourth-order valence-corrected chi connectivity index (χ4v) is 3.44. The normalized spacial score (nSPS) is 11.7. The van der Waals surface area contributed by atoms with Crippen LogP contribution in [0.25, 0.3) is 22.3 Å². The number of nitrogens with zero attached hydrogens (tertiary/aromatic N) is 1. The van der Waals surface area contributed by atoms with Crippen LogP contribution in [0.1, 0.15) is 44.2 Å². The number of nitriles is 1. The lowest BCUT2D eigenvalue weighted by molar-refractivity contribution is 0.496. The highest BCUT2D eigenvalue weighted by Gasteiger charge is 2.09. The average molecular weight is 354 g/mol. The number of aryl methyl sites for hydroxylation is 1. The Morgan fingerprint density at radius 1 is 0.852 bits per heavy atom. The molecule has 0 saturated heterocycles. The molecule has 0 bridgehead atoms. The smallest absolute Gasteiger partial charge is 0.0991 e. The van der Waals surface area contributed by atoms with E-state index in [4.69, 9.17) is 5.26 Å². The van der Waals surface area contributed by atoms with E-state index in [-0.39, 0.29) is 0 Å². The maximum Gasteiger partial charge on any atom is 0.0991 e. The Bertz CT molecular complexity index is 901. The van der Waals surface area contributed by atoms with Gasteiger partial charge in [-0.15, -0.1) is 0 Å². The van der Waals surface area contributed by atoms with Crippen molar-refractivity contribution in [1.82, 2.24) is 0 Å². The zero-order valence-corrected chi connectivity index (χ0v) is 16.3. The molecule has 0 aliphatic carbocycles. The largest absolute Gasteiger partial charge is 0.192 e. The summed E-state index contributed by atoms with van der Waals surface area (Å²) in [5.74, 6) is 0.802.